The molecule has 0 radical (unpaired) electrons. The SMILES string of the molecule is CC(C)(C)OC(=O)N1CCC(C2CCC(B3OC(C)(C)C(C)(C)O3)CC2)CC1. The average Bonchev–Trinajstić information content (AvgIpc) is 2.81. The fraction of sp³-hybridized carbons (Fsp3) is 0.955. The van der Waals surface area contributed by atoms with Gasteiger partial charge in [-0.1, -0.05) is 25.7 Å². The lowest BCUT2D eigenvalue weighted by molar-refractivity contribution is 0.00578. The molecule has 0 aromatic rings. The predicted molar refractivity (Wildman–Crippen MR) is 112 cm³/mol. The Balaban J connectivity index is 1.44. The largest absolute Gasteiger partial charge is 0.461 e. The molecule has 0 N–H and O–H groups in total. The zero-order valence-corrected chi connectivity index (χ0v) is 19.0. The van der Waals surface area contributed by atoms with Gasteiger partial charge in [-0.3, -0.25) is 0 Å². The van der Waals surface area contributed by atoms with Gasteiger partial charge in [-0.25, -0.2) is 4.79 Å². The maximum Gasteiger partial charge on any atom is 0.461 e. The number of nitrogens with zero attached hydrogens (tertiary/aromatic N) is 1. The minimum Gasteiger partial charge on any atom is -0.444 e. The van der Waals surface area contributed by atoms with Crippen LogP contribution >= 0.6 is 0 Å². The highest BCUT2D eigenvalue weighted by atomic mass is 16.7. The van der Waals surface area contributed by atoms with Crippen LogP contribution in [0, 0.1) is 11.8 Å². The third-order valence-electron chi connectivity index (χ3n) is 7.33. The van der Waals surface area contributed by atoms with Crippen molar-refractivity contribution in [2.45, 2.75) is 110 Å². The minimum atomic E-state index is -0.417. The fourth-order valence-corrected chi connectivity index (χ4v) is 4.85. The molecule has 0 spiro atoms. The highest BCUT2D eigenvalue weighted by Crippen LogP contribution is 2.46. The molecule has 3 aliphatic rings. The lowest BCUT2D eigenvalue weighted by Gasteiger charge is -2.39. The number of hydrogen-bond acceptors (Lipinski definition) is 4. The molecule has 3 fully saturated rings. The summed E-state index contributed by atoms with van der Waals surface area (Å²) in [5, 5.41) is 0. The van der Waals surface area contributed by atoms with Crippen molar-refractivity contribution in [2.24, 2.45) is 11.8 Å². The Kier molecular flexibility index (Phi) is 6.14. The van der Waals surface area contributed by atoms with Gasteiger partial charge in [0.15, 0.2) is 0 Å². The van der Waals surface area contributed by atoms with Gasteiger partial charge in [-0.05, 0) is 79.0 Å². The molecule has 1 amide bonds. The third-order valence-corrected chi connectivity index (χ3v) is 7.33. The fourth-order valence-electron chi connectivity index (χ4n) is 4.85. The monoisotopic (exact) mass is 393 g/mol. The summed E-state index contributed by atoms with van der Waals surface area (Å²) in [7, 11) is -0.0556. The van der Waals surface area contributed by atoms with Crippen LogP contribution in [-0.4, -0.2) is 48.0 Å². The van der Waals surface area contributed by atoms with Gasteiger partial charge in [0.05, 0.1) is 11.2 Å². The van der Waals surface area contributed by atoms with Gasteiger partial charge < -0.3 is 18.9 Å². The normalized spacial score (nSPS) is 31.1. The Morgan fingerprint density at radius 2 is 1.36 bits per heavy atom. The van der Waals surface area contributed by atoms with E-state index in [2.05, 4.69) is 27.7 Å². The minimum absolute atomic E-state index is 0.0556. The highest BCUT2D eigenvalue weighted by Gasteiger charge is 2.54. The first-order chi connectivity index (χ1) is 12.9. The van der Waals surface area contributed by atoms with Crippen LogP contribution in [0.4, 0.5) is 4.79 Å². The Morgan fingerprint density at radius 1 is 0.893 bits per heavy atom. The summed E-state index contributed by atoms with van der Waals surface area (Å²) in [6.45, 7) is 16.0. The number of carbonyl (C=O) groups excluding carboxylic acids is 1. The summed E-state index contributed by atoms with van der Waals surface area (Å²) in [4.78, 5) is 14.2. The molecule has 0 aromatic carbocycles. The van der Waals surface area contributed by atoms with Crippen molar-refractivity contribution in [3.63, 3.8) is 0 Å². The van der Waals surface area contributed by atoms with Gasteiger partial charge in [0, 0.05) is 13.1 Å². The smallest absolute Gasteiger partial charge is 0.444 e. The van der Waals surface area contributed by atoms with Gasteiger partial charge in [0.1, 0.15) is 5.60 Å². The molecule has 0 aromatic heterocycles. The molecule has 1 saturated carbocycles. The molecular formula is C22H40BNO4. The third kappa shape index (κ3) is 4.87. The molecule has 160 valence electrons. The van der Waals surface area contributed by atoms with Crippen LogP contribution in [-0.2, 0) is 14.0 Å². The number of piperidine rings is 1. The van der Waals surface area contributed by atoms with Crippen LogP contribution in [0.5, 0.6) is 0 Å². The summed E-state index contributed by atoms with van der Waals surface area (Å²) in [6, 6.07) is 0. The van der Waals surface area contributed by atoms with Crippen LogP contribution in [0.15, 0.2) is 0 Å². The zero-order valence-electron chi connectivity index (χ0n) is 19.0. The first-order valence-corrected chi connectivity index (χ1v) is 11.2. The standard InChI is InChI=1S/C22H40BNO4/c1-20(2,3)26-19(25)24-14-12-17(13-15-24)16-8-10-18(11-9-16)23-27-21(4,5)22(6,7)28-23/h16-18H,8-15H2,1-7H3. The van der Waals surface area contributed by atoms with Crippen LogP contribution in [0.2, 0.25) is 5.82 Å². The van der Waals surface area contributed by atoms with E-state index < -0.39 is 5.60 Å². The number of likely N-dealkylation sites (tertiary alicyclic amines) is 1. The number of ether oxygens (including phenoxy) is 1. The number of rotatable bonds is 2. The highest BCUT2D eigenvalue weighted by molar-refractivity contribution is 6.47. The molecular weight excluding hydrogens is 353 g/mol. The van der Waals surface area contributed by atoms with E-state index in [0.717, 1.165) is 37.8 Å². The van der Waals surface area contributed by atoms with E-state index in [4.69, 9.17) is 14.0 Å². The van der Waals surface area contributed by atoms with Crippen LogP contribution < -0.4 is 0 Å². The van der Waals surface area contributed by atoms with E-state index in [1.165, 1.54) is 25.7 Å². The van der Waals surface area contributed by atoms with Crippen molar-refractivity contribution in [1.82, 2.24) is 4.90 Å². The zero-order chi connectivity index (χ0) is 20.7. The molecule has 5 nitrogen and oxygen atoms in total. The van der Waals surface area contributed by atoms with E-state index in [9.17, 15) is 4.79 Å². The lowest BCUT2D eigenvalue weighted by atomic mass is 9.60. The second kappa shape index (κ2) is 7.83. The molecule has 2 heterocycles. The van der Waals surface area contributed by atoms with Crippen molar-refractivity contribution >= 4 is 13.2 Å². The first kappa shape index (κ1) is 22.0. The number of carbonyl (C=O) groups is 1. The van der Waals surface area contributed by atoms with E-state index in [1.54, 1.807) is 0 Å². The topological polar surface area (TPSA) is 48.0 Å². The number of amides is 1. The van der Waals surface area contributed by atoms with E-state index in [-0.39, 0.29) is 24.4 Å². The second-order valence-electron chi connectivity index (χ2n) is 11.1. The summed E-state index contributed by atoms with van der Waals surface area (Å²) in [5.74, 6) is 2.02. The lowest BCUT2D eigenvalue weighted by Crippen LogP contribution is -2.43. The Hall–Kier alpha value is -0.745. The average molecular weight is 393 g/mol. The molecule has 0 unspecified atom stereocenters. The molecule has 3 rings (SSSR count). The quantitative estimate of drug-likeness (QED) is 0.599. The van der Waals surface area contributed by atoms with Crippen molar-refractivity contribution in [3.05, 3.63) is 0 Å². The van der Waals surface area contributed by atoms with E-state index in [0.29, 0.717) is 5.82 Å². The molecule has 28 heavy (non-hydrogen) atoms. The van der Waals surface area contributed by atoms with E-state index in [1.807, 2.05) is 25.7 Å². The Bertz CT molecular complexity index is 539. The summed E-state index contributed by atoms with van der Waals surface area (Å²) in [6.07, 6.45) is 6.94. The maximum absolute atomic E-state index is 12.3. The second-order valence-corrected chi connectivity index (χ2v) is 11.1. The van der Waals surface area contributed by atoms with Crippen LogP contribution in [0.1, 0.15) is 87.0 Å². The van der Waals surface area contributed by atoms with Gasteiger partial charge >= 0.3 is 13.2 Å². The summed E-state index contributed by atoms with van der Waals surface area (Å²) < 4.78 is 18.1. The van der Waals surface area contributed by atoms with Crippen molar-refractivity contribution in [2.75, 3.05) is 13.1 Å². The first-order valence-electron chi connectivity index (χ1n) is 11.2. The van der Waals surface area contributed by atoms with Crippen LogP contribution in [0.25, 0.3) is 0 Å². The predicted octanol–water partition coefficient (Wildman–Crippen LogP) is 5.29. The van der Waals surface area contributed by atoms with Crippen molar-refractivity contribution in [1.29, 1.82) is 0 Å². The Labute approximate surface area is 172 Å². The number of hydrogen-bond donors (Lipinski definition) is 0. The maximum atomic E-state index is 12.3. The van der Waals surface area contributed by atoms with Crippen LogP contribution in [0.3, 0.4) is 0 Å². The molecule has 1 aliphatic carbocycles. The molecule has 2 saturated heterocycles. The summed E-state index contributed by atoms with van der Waals surface area (Å²) >= 11 is 0. The molecule has 0 atom stereocenters. The molecule has 2 aliphatic heterocycles. The van der Waals surface area contributed by atoms with Gasteiger partial charge in [-0.15, -0.1) is 0 Å². The summed E-state index contributed by atoms with van der Waals surface area (Å²) in [5.41, 5.74) is -0.883. The van der Waals surface area contributed by atoms with Gasteiger partial charge in [0.25, 0.3) is 0 Å². The van der Waals surface area contributed by atoms with Gasteiger partial charge in [0.2, 0.25) is 0 Å². The van der Waals surface area contributed by atoms with Gasteiger partial charge in [-0.2, -0.15) is 0 Å². The molecule has 6 heteroatoms. The van der Waals surface area contributed by atoms with E-state index >= 15 is 0 Å². The molecule has 0 bridgehead atoms. The van der Waals surface area contributed by atoms with Crippen molar-refractivity contribution < 1.29 is 18.8 Å². The van der Waals surface area contributed by atoms with Crippen molar-refractivity contribution in [3.8, 4) is 0 Å². The Morgan fingerprint density at radius 3 is 1.82 bits per heavy atom.